The lowest BCUT2D eigenvalue weighted by atomic mass is 10.1. The van der Waals surface area contributed by atoms with Gasteiger partial charge >= 0.3 is 11.9 Å². The Bertz CT molecular complexity index is 417. The van der Waals surface area contributed by atoms with E-state index in [0.717, 1.165) is 5.56 Å². The second-order valence-corrected chi connectivity index (χ2v) is 3.71. The highest BCUT2D eigenvalue weighted by molar-refractivity contribution is 5.76. The van der Waals surface area contributed by atoms with Gasteiger partial charge < -0.3 is 15.2 Å². The Kier molecular flexibility index (Phi) is 5.70. The van der Waals surface area contributed by atoms with Crippen LogP contribution in [0.15, 0.2) is 24.3 Å². The van der Waals surface area contributed by atoms with Crippen LogP contribution in [0.1, 0.15) is 18.9 Å². The summed E-state index contributed by atoms with van der Waals surface area (Å²) in [6, 6.07) is 7.30. The third-order valence-electron chi connectivity index (χ3n) is 2.23. The number of ether oxygens (including phenoxy) is 2. The van der Waals surface area contributed by atoms with Gasteiger partial charge in [0.2, 0.25) is 0 Å². The molecule has 1 rings (SSSR count). The number of esters is 2. The van der Waals surface area contributed by atoms with Crippen LogP contribution >= 0.6 is 0 Å². The molecule has 0 radical (unpaired) electrons. The van der Waals surface area contributed by atoms with Crippen molar-refractivity contribution in [3.8, 4) is 0 Å². The molecule has 0 amide bonds. The van der Waals surface area contributed by atoms with Gasteiger partial charge in [0.15, 0.2) is 6.61 Å². The SMILES string of the molecule is CCOC(=O)COC(=O)CCc1cccc(N)c1. The van der Waals surface area contributed by atoms with Gasteiger partial charge in [0, 0.05) is 12.1 Å². The van der Waals surface area contributed by atoms with Gasteiger partial charge in [0.05, 0.1) is 6.61 Å². The number of carbonyl (C=O) groups is 2. The molecule has 98 valence electrons. The molecule has 0 aliphatic heterocycles. The first-order chi connectivity index (χ1) is 8.61. The molecule has 0 heterocycles. The maximum absolute atomic E-state index is 11.3. The molecule has 0 aliphatic rings. The Labute approximate surface area is 106 Å². The zero-order valence-electron chi connectivity index (χ0n) is 10.3. The molecule has 0 atom stereocenters. The molecule has 1 aromatic rings. The van der Waals surface area contributed by atoms with Gasteiger partial charge in [-0.1, -0.05) is 12.1 Å². The molecule has 0 saturated heterocycles. The molecular weight excluding hydrogens is 234 g/mol. The third-order valence-corrected chi connectivity index (χ3v) is 2.23. The number of rotatable bonds is 6. The Hall–Kier alpha value is -2.04. The average Bonchev–Trinajstić information content (AvgIpc) is 2.34. The van der Waals surface area contributed by atoms with Gasteiger partial charge in [0.25, 0.3) is 0 Å². The minimum atomic E-state index is -0.533. The Morgan fingerprint density at radius 3 is 2.67 bits per heavy atom. The molecule has 1 aromatic carbocycles. The van der Waals surface area contributed by atoms with Crippen LogP contribution in [0.3, 0.4) is 0 Å². The van der Waals surface area contributed by atoms with E-state index in [1.165, 1.54) is 0 Å². The van der Waals surface area contributed by atoms with Crippen molar-refractivity contribution in [2.24, 2.45) is 0 Å². The highest BCUT2D eigenvalue weighted by Gasteiger charge is 2.08. The number of hydrogen-bond donors (Lipinski definition) is 1. The highest BCUT2D eigenvalue weighted by atomic mass is 16.6. The number of carbonyl (C=O) groups excluding carboxylic acids is 2. The van der Waals surface area contributed by atoms with Crippen molar-refractivity contribution in [2.75, 3.05) is 18.9 Å². The van der Waals surface area contributed by atoms with Crippen molar-refractivity contribution in [2.45, 2.75) is 19.8 Å². The summed E-state index contributed by atoms with van der Waals surface area (Å²) < 4.78 is 9.40. The molecule has 0 aromatic heterocycles. The normalized spacial score (nSPS) is 9.83. The highest BCUT2D eigenvalue weighted by Crippen LogP contribution is 2.09. The molecule has 18 heavy (non-hydrogen) atoms. The number of benzene rings is 1. The van der Waals surface area contributed by atoms with Crippen LogP contribution in [-0.2, 0) is 25.5 Å². The third kappa shape index (κ3) is 5.34. The number of hydrogen-bond acceptors (Lipinski definition) is 5. The predicted octanol–water partition coefficient (Wildman–Crippen LogP) is 1.31. The maximum atomic E-state index is 11.3. The summed E-state index contributed by atoms with van der Waals surface area (Å²) in [5.41, 5.74) is 7.24. The number of nitrogen functional groups attached to an aromatic ring is 1. The molecular formula is C13H17NO4. The summed E-state index contributed by atoms with van der Waals surface area (Å²) in [4.78, 5) is 22.3. The largest absolute Gasteiger partial charge is 0.463 e. The fourth-order valence-corrected chi connectivity index (χ4v) is 1.41. The molecule has 0 saturated carbocycles. The van der Waals surface area contributed by atoms with Crippen LogP contribution in [-0.4, -0.2) is 25.2 Å². The van der Waals surface area contributed by atoms with E-state index in [4.69, 9.17) is 10.5 Å². The lowest BCUT2D eigenvalue weighted by Gasteiger charge is -2.05. The number of aryl methyl sites for hydroxylation is 1. The molecule has 0 aliphatic carbocycles. The lowest BCUT2D eigenvalue weighted by Crippen LogP contribution is -2.16. The van der Waals surface area contributed by atoms with Crippen molar-refractivity contribution >= 4 is 17.6 Å². The molecule has 0 spiro atoms. The minimum absolute atomic E-state index is 0.211. The van der Waals surface area contributed by atoms with Crippen molar-refractivity contribution in [3.63, 3.8) is 0 Å². The molecule has 0 fully saturated rings. The van der Waals surface area contributed by atoms with Gasteiger partial charge in [-0.05, 0) is 31.0 Å². The van der Waals surface area contributed by atoms with Gasteiger partial charge in [-0.3, -0.25) is 4.79 Å². The van der Waals surface area contributed by atoms with E-state index in [-0.39, 0.29) is 19.6 Å². The second-order valence-electron chi connectivity index (χ2n) is 3.71. The Morgan fingerprint density at radius 1 is 1.22 bits per heavy atom. The van der Waals surface area contributed by atoms with Crippen LogP contribution in [0.2, 0.25) is 0 Å². The zero-order valence-corrected chi connectivity index (χ0v) is 10.3. The summed E-state index contributed by atoms with van der Waals surface area (Å²) in [6.07, 6.45) is 0.746. The summed E-state index contributed by atoms with van der Waals surface area (Å²) in [5, 5.41) is 0. The summed E-state index contributed by atoms with van der Waals surface area (Å²) in [7, 11) is 0. The van der Waals surface area contributed by atoms with E-state index in [0.29, 0.717) is 12.1 Å². The molecule has 0 bridgehead atoms. The standard InChI is InChI=1S/C13H17NO4/c1-2-17-13(16)9-18-12(15)7-6-10-4-3-5-11(14)8-10/h3-5,8H,2,6-7,9,14H2,1H3. The fourth-order valence-electron chi connectivity index (χ4n) is 1.41. The molecule has 0 unspecified atom stereocenters. The van der Waals surface area contributed by atoms with Crippen molar-refractivity contribution < 1.29 is 19.1 Å². The average molecular weight is 251 g/mol. The van der Waals surface area contributed by atoms with E-state index < -0.39 is 11.9 Å². The first-order valence-electron chi connectivity index (χ1n) is 5.77. The monoisotopic (exact) mass is 251 g/mol. The van der Waals surface area contributed by atoms with Crippen LogP contribution < -0.4 is 5.73 Å². The van der Waals surface area contributed by atoms with E-state index in [1.54, 1.807) is 19.1 Å². The summed E-state index contributed by atoms with van der Waals surface area (Å²) in [6.45, 7) is 1.64. The lowest BCUT2D eigenvalue weighted by molar-refractivity contribution is -0.158. The van der Waals surface area contributed by atoms with Gasteiger partial charge in [-0.15, -0.1) is 0 Å². The first kappa shape index (κ1) is 14.0. The van der Waals surface area contributed by atoms with E-state index in [9.17, 15) is 9.59 Å². The van der Waals surface area contributed by atoms with Gasteiger partial charge in [0.1, 0.15) is 0 Å². The molecule has 5 heteroatoms. The van der Waals surface area contributed by atoms with E-state index in [1.807, 2.05) is 12.1 Å². The second kappa shape index (κ2) is 7.32. The summed E-state index contributed by atoms with van der Waals surface area (Å²) in [5.74, 6) is -0.958. The topological polar surface area (TPSA) is 78.6 Å². The zero-order chi connectivity index (χ0) is 13.4. The Balaban J connectivity index is 2.27. The Morgan fingerprint density at radius 2 is 2.00 bits per heavy atom. The summed E-state index contributed by atoms with van der Waals surface area (Å²) >= 11 is 0. The van der Waals surface area contributed by atoms with Gasteiger partial charge in [-0.25, -0.2) is 4.79 Å². The van der Waals surface area contributed by atoms with Gasteiger partial charge in [-0.2, -0.15) is 0 Å². The van der Waals surface area contributed by atoms with Crippen LogP contribution in [0.25, 0.3) is 0 Å². The quantitative estimate of drug-likeness (QED) is 0.609. The number of anilines is 1. The number of nitrogens with two attached hydrogens (primary N) is 1. The fraction of sp³-hybridized carbons (Fsp3) is 0.385. The van der Waals surface area contributed by atoms with Crippen LogP contribution in [0.4, 0.5) is 5.69 Å². The van der Waals surface area contributed by atoms with Crippen LogP contribution in [0.5, 0.6) is 0 Å². The van der Waals surface area contributed by atoms with E-state index >= 15 is 0 Å². The smallest absolute Gasteiger partial charge is 0.344 e. The van der Waals surface area contributed by atoms with Crippen LogP contribution in [0, 0.1) is 0 Å². The molecule has 5 nitrogen and oxygen atoms in total. The minimum Gasteiger partial charge on any atom is -0.463 e. The van der Waals surface area contributed by atoms with Crippen molar-refractivity contribution in [1.82, 2.24) is 0 Å². The van der Waals surface area contributed by atoms with E-state index in [2.05, 4.69) is 4.74 Å². The predicted molar refractivity (Wildman–Crippen MR) is 66.8 cm³/mol. The van der Waals surface area contributed by atoms with Crippen molar-refractivity contribution in [3.05, 3.63) is 29.8 Å². The van der Waals surface area contributed by atoms with Crippen molar-refractivity contribution in [1.29, 1.82) is 0 Å². The first-order valence-corrected chi connectivity index (χ1v) is 5.77. The maximum Gasteiger partial charge on any atom is 0.344 e. The molecule has 2 N–H and O–H groups in total.